The summed E-state index contributed by atoms with van der Waals surface area (Å²) in [6, 6.07) is 29.0. The van der Waals surface area contributed by atoms with Gasteiger partial charge >= 0.3 is 0 Å². The maximum absolute atomic E-state index is 13.6. The molecule has 7 N–H and O–H groups in total. The Bertz CT molecular complexity index is 2840. The Labute approximate surface area is 480 Å². The largest absolute Gasteiger partial charge is 0.497 e. The fraction of sp³-hybridized carbons (Fsp3) is 0.345. The van der Waals surface area contributed by atoms with Crippen LogP contribution >= 0.6 is 24.0 Å². The van der Waals surface area contributed by atoms with Crippen molar-refractivity contribution in [2.75, 3.05) is 73.2 Å². The number of methoxy groups -OCH3 is 2. The van der Waals surface area contributed by atoms with E-state index in [0.29, 0.717) is 109 Å². The fourth-order valence-corrected chi connectivity index (χ4v) is 9.21. The number of anilines is 4. The molecule has 413 valence electrons. The Morgan fingerprint density at radius 2 is 0.833 bits per heavy atom. The Balaban J connectivity index is 0.000000247. The van der Waals surface area contributed by atoms with E-state index in [1.807, 2.05) is 48.5 Å². The van der Waals surface area contributed by atoms with Crippen molar-refractivity contribution < 1.29 is 72.1 Å². The van der Waals surface area contributed by atoms with Crippen LogP contribution in [0.5, 0.6) is 11.5 Å². The van der Waals surface area contributed by atoms with Crippen LogP contribution in [-0.4, -0.2) is 130 Å². The summed E-state index contributed by atoms with van der Waals surface area (Å²) in [5.74, 6) is -0.279. The SMILES string of the molecule is CC(O)CO.CCO.COc1ccc(-n2nc(C(N)=O)c3c2C(=O)N(c2ccc(N4CCCCC4=O)cc2)CC3)cc1.COc1ccc(-n2nc(C(N)=O)c3c2C(=O)N(c2ccc(N4CCCCC4=O)cc2)CC3)cc1.I.[V]. The number of rotatable bonds is 11. The average molecular weight is 1220 g/mol. The molecule has 0 aliphatic carbocycles. The van der Waals surface area contributed by atoms with Crippen molar-refractivity contribution in [1.82, 2.24) is 19.6 Å². The number of carbonyl (C=O) groups excluding carboxylic acids is 6. The van der Waals surface area contributed by atoms with Gasteiger partial charge in [-0.25, -0.2) is 9.36 Å². The molecule has 0 bridgehead atoms. The van der Waals surface area contributed by atoms with Crippen molar-refractivity contribution in [3.05, 3.63) is 131 Å². The topological polar surface area (TPSA) is 282 Å². The van der Waals surface area contributed by atoms with E-state index >= 15 is 0 Å². The van der Waals surface area contributed by atoms with Crippen LogP contribution in [0.15, 0.2) is 97.1 Å². The Hall–Kier alpha value is -7.09. The minimum atomic E-state index is -0.666. The Morgan fingerprint density at radius 3 is 1.10 bits per heavy atom. The number of piperidine rings is 2. The van der Waals surface area contributed by atoms with Crippen LogP contribution in [0.4, 0.5) is 22.7 Å². The Morgan fingerprint density at radius 1 is 0.538 bits per heavy atom. The maximum Gasteiger partial charge on any atom is 0.277 e. The summed E-state index contributed by atoms with van der Waals surface area (Å²) in [7, 11) is 3.15. The van der Waals surface area contributed by atoms with E-state index in [2.05, 4.69) is 10.2 Å². The van der Waals surface area contributed by atoms with Crippen LogP contribution in [0, 0.1) is 0 Å². The number of aliphatic hydroxyl groups is 3. The van der Waals surface area contributed by atoms with Crippen LogP contribution in [0.3, 0.4) is 0 Å². The number of halogens is 1. The van der Waals surface area contributed by atoms with Crippen molar-refractivity contribution >= 4 is 82.2 Å². The fourth-order valence-electron chi connectivity index (χ4n) is 9.21. The normalized spacial score (nSPS) is 15.1. The summed E-state index contributed by atoms with van der Waals surface area (Å²) in [5.41, 5.74) is 17.5. The number of hydrogen-bond donors (Lipinski definition) is 5. The third-order valence-electron chi connectivity index (χ3n) is 13.0. The molecule has 6 aromatic rings. The number of amides is 6. The molecule has 1 unspecified atom stereocenters. The number of carbonyl (C=O) groups is 6. The third kappa shape index (κ3) is 14.0. The number of hydrogen-bond acceptors (Lipinski definition) is 13. The van der Waals surface area contributed by atoms with Gasteiger partial charge < -0.3 is 55.9 Å². The first kappa shape index (κ1) is 61.8. The van der Waals surface area contributed by atoms with Gasteiger partial charge in [-0.1, -0.05) is 0 Å². The number of nitrogens with zero attached hydrogens (tertiary/aromatic N) is 8. The quantitative estimate of drug-likeness (QED) is 0.102. The van der Waals surface area contributed by atoms with Crippen LogP contribution in [0.25, 0.3) is 11.4 Å². The molecule has 2 aromatic heterocycles. The van der Waals surface area contributed by atoms with Crippen molar-refractivity contribution in [3.8, 4) is 22.9 Å². The summed E-state index contributed by atoms with van der Waals surface area (Å²) in [4.78, 5) is 82.8. The predicted octanol–water partition coefficient (Wildman–Crippen LogP) is 5.37. The molecule has 78 heavy (non-hydrogen) atoms. The molecule has 4 aliphatic rings. The van der Waals surface area contributed by atoms with E-state index in [4.69, 9.17) is 36.3 Å². The van der Waals surface area contributed by atoms with E-state index in [1.54, 1.807) is 89.3 Å². The van der Waals surface area contributed by atoms with Gasteiger partial charge in [0.15, 0.2) is 11.4 Å². The second kappa shape index (κ2) is 28.5. The summed E-state index contributed by atoms with van der Waals surface area (Å²) in [6.07, 6.45) is 5.27. The predicted molar refractivity (Wildman–Crippen MR) is 300 cm³/mol. The van der Waals surface area contributed by atoms with Crippen molar-refractivity contribution in [2.45, 2.75) is 71.3 Å². The van der Waals surface area contributed by atoms with Gasteiger partial charge in [-0.15, -0.1) is 24.0 Å². The molecule has 6 heterocycles. The van der Waals surface area contributed by atoms with E-state index in [1.165, 1.54) is 16.3 Å². The van der Waals surface area contributed by atoms with Gasteiger partial charge in [0, 0.05) is 98.1 Å². The summed E-state index contributed by atoms with van der Waals surface area (Å²) in [6.45, 7) is 5.52. The molecular weight excluding hydrogens is 1150 g/mol. The summed E-state index contributed by atoms with van der Waals surface area (Å²) >= 11 is 0. The second-order valence-electron chi connectivity index (χ2n) is 18.1. The van der Waals surface area contributed by atoms with E-state index in [-0.39, 0.29) is 90.8 Å². The van der Waals surface area contributed by atoms with Crippen molar-refractivity contribution in [2.24, 2.45) is 11.5 Å². The van der Waals surface area contributed by atoms with Crippen molar-refractivity contribution in [1.29, 1.82) is 0 Å². The molecule has 10 rings (SSSR count). The van der Waals surface area contributed by atoms with Gasteiger partial charge in [0.1, 0.15) is 22.9 Å². The molecule has 0 saturated carbocycles. The first-order chi connectivity index (χ1) is 36.6. The van der Waals surface area contributed by atoms with Gasteiger partial charge in [0.05, 0.1) is 38.3 Å². The first-order valence-corrected chi connectivity index (χ1v) is 25.1. The number of fused-ring (bicyclic) bond motifs is 2. The van der Waals surface area contributed by atoms with Gasteiger partial charge in [-0.2, -0.15) is 10.2 Å². The van der Waals surface area contributed by atoms with E-state index in [0.717, 1.165) is 37.1 Å². The second-order valence-corrected chi connectivity index (χ2v) is 18.1. The molecule has 6 amide bonds. The Kier molecular flexibility index (Phi) is 22.6. The van der Waals surface area contributed by atoms with Crippen LogP contribution in [0.1, 0.15) is 105 Å². The number of aliphatic hydroxyl groups excluding tert-OH is 3. The third-order valence-corrected chi connectivity index (χ3v) is 13.0. The number of nitrogens with two attached hydrogens (primary N) is 2. The smallest absolute Gasteiger partial charge is 0.277 e. The van der Waals surface area contributed by atoms with Gasteiger partial charge in [0.25, 0.3) is 23.6 Å². The molecule has 0 spiro atoms. The molecule has 2 saturated heterocycles. The molecule has 1 radical (unpaired) electrons. The number of benzene rings is 4. The van der Waals surface area contributed by atoms with Gasteiger partial charge in [-0.05, 0) is 149 Å². The van der Waals surface area contributed by atoms with E-state index < -0.39 is 17.9 Å². The van der Waals surface area contributed by atoms with Gasteiger partial charge in [-0.3, -0.25) is 28.8 Å². The zero-order chi connectivity index (χ0) is 54.6. The molecule has 4 aliphatic heterocycles. The molecule has 21 nitrogen and oxygen atoms in total. The molecule has 1 atom stereocenters. The number of aromatic nitrogens is 4. The average Bonchev–Trinajstić information content (AvgIpc) is 4.14. The zero-order valence-corrected chi connectivity index (χ0v) is 47.6. The van der Waals surface area contributed by atoms with Crippen LogP contribution in [0.2, 0.25) is 0 Å². The monoisotopic (exact) mass is 1220 g/mol. The van der Waals surface area contributed by atoms with Crippen molar-refractivity contribution in [3.63, 3.8) is 0 Å². The van der Waals surface area contributed by atoms with Gasteiger partial charge in [0.2, 0.25) is 11.8 Å². The van der Waals surface area contributed by atoms with Crippen LogP contribution < -0.4 is 40.5 Å². The molecule has 4 aromatic carbocycles. The molecular formula is C55H65IN10O11V. The minimum absolute atomic E-state index is 0. The number of primary amides is 2. The van der Waals surface area contributed by atoms with E-state index in [9.17, 15) is 28.8 Å². The first-order valence-electron chi connectivity index (χ1n) is 25.1. The number of ether oxygens (including phenoxy) is 2. The summed E-state index contributed by atoms with van der Waals surface area (Å²) < 4.78 is 13.4. The summed E-state index contributed by atoms with van der Waals surface area (Å²) in [5, 5.41) is 32.4. The molecule has 23 heteroatoms. The standard InChI is InChI=1S/2C25H25N5O4.C3H8O2.C2H6O.HI.V/c2*1-34-19-11-9-18(10-12-19)30-23-20(22(27-30)24(26)32)13-15-29(25(23)33)17-7-5-16(6-8-17)28-14-3-2-4-21(28)31;1-3(5)2-4;1-2-3;;/h2*5-12H,2-4,13-15H2,1H3,(H2,26,32);3-5H,2H2,1H3;3H,2H2,1H3;1H;. The van der Waals surface area contributed by atoms with Crippen LogP contribution in [-0.2, 0) is 41.0 Å². The zero-order valence-electron chi connectivity index (χ0n) is 43.9. The molecule has 2 fully saturated rings. The maximum atomic E-state index is 13.6. The minimum Gasteiger partial charge on any atom is -0.497 e.